The van der Waals surface area contributed by atoms with Crippen molar-refractivity contribution in [3.63, 3.8) is 0 Å². The van der Waals surface area contributed by atoms with Gasteiger partial charge in [-0.15, -0.1) is 0 Å². The summed E-state index contributed by atoms with van der Waals surface area (Å²) in [6, 6.07) is 5.49. The minimum absolute atomic E-state index is 0.0174. The molecular formula is C14H19ClN2O2. The number of hydrogen-bond acceptors (Lipinski definition) is 3. The zero-order valence-electron chi connectivity index (χ0n) is 11.1. The van der Waals surface area contributed by atoms with Crippen LogP contribution in [0.15, 0.2) is 18.2 Å². The van der Waals surface area contributed by atoms with Crippen molar-refractivity contribution in [2.75, 3.05) is 0 Å². The molecule has 0 amide bonds. The molecule has 1 aliphatic rings. The maximum atomic E-state index is 10.8. The highest BCUT2D eigenvalue weighted by Crippen LogP contribution is 2.34. The van der Waals surface area contributed by atoms with Gasteiger partial charge in [0, 0.05) is 18.7 Å². The van der Waals surface area contributed by atoms with Crippen molar-refractivity contribution in [3.8, 4) is 0 Å². The summed E-state index contributed by atoms with van der Waals surface area (Å²) in [5.41, 5.74) is 0.890. The first-order valence-electron chi connectivity index (χ1n) is 6.76. The summed E-state index contributed by atoms with van der Waals surface area (Å²) < 4.78 is 0. The third kappa shape index (κ3) is 4.18. The molecule has 4 nitrogen and oxygen atoms in total. The summed E-state index contributed by atoms with van der Waals surface area (Å²) in [5.74, 6) is 0.886. The Morgan fingerprint density at radius 2 is 2.26 bits per heavy atom. The molecule has 1 saturated carbocycles. The maximum Gasteiger partial charge on any atom is 0.288 e. The highest BCUT2D eigenvalue weighted by molar-refractivity contribution is 6.32. The van der Waals surface area contributed by atoms with Crippen molar-refractivity contribution in [3.05, 3.63) is 38.9 Å². The second-order valence-corrected chi connectivity index (χ2v) is 5.62. The quantitative estimate of drug-likeness (QED) is 0.609. The lowest BCUT2D eigenvalue weighted by Gasteiger charge is -2.16. The van der Waals surface area contributed by atoms with E-state index in [1.54, 1.807) is 12.1 Å². The largest absolute Gasteiger partial charge is 0.310 e. The highest BCUT2D eigenvalue weighted by atomic mass is 35.5. The van der Waals surface area contributed by atoms with Crippen LogP contribution in [0.25, 0.3) is 0 Å². The Morgan fingerprint density at radius 3 is 2.84 bits per heavy atom. The number of hydrogen-bond donors (Lipinski definition) is 1. The van der Waals surface area contributed by atoms with Crippen LogP contribution < -0.4 is 5.32 Å². The standard InChI is InChI=1S/C14H19ClN2O2/c1-2-12(7-10-3-4-10)16-9-11-5-6-13(15)14(8-11)17(18)19/h5-6,8,10,12,16H,2-4,7,9H2,1H3. The van der Waals surface area contributed by atoms with E-state index in [0.29, 0.717) is 12.6 Å². The Balaban J connectivity index is 1.94. The normalized spacial score (nSPS) is 16.3. The molecule has 1 N–H and O–H groups in total. The van der Waals surface area contributed by atoms with Crippen molar-refractivity contribution in [2.24, 2.45) is 5.92 Å². The van der Waals surface area contributed by atoms with Crippen LogP contribution in [0.5, 0.6) is 0 Å². The van der Waals surface area contributed by atoms with Gasteiger partial charge in [0.25, 0.3) is 5.69 Å². The van der Waals surface area contributed by atoms with Crippen molar-refractivity contribution in [1.82, 2.24) is 5.32 Å². The fourth-order valence-electron chi connectivity index (χ4n) is 2.22. The Kier molecular flexibility index (Phi) is 4.77. The molecule has 1 aromatic carbocycles. The second-order valence-electron chi connectivity index (χ2n) is 5.21. The fraction of sp³-hybridized carbons (Fsp3) is 0.571. The number of nitro groups is 1. The van der Waals surface area contributed by atoms with E-state index >= 15 is 0 Å². The monoisotopic (exact) mass is 282 g/mol. The molecule has 1 fully saturated rings. The van der Waals surface area contributed by atoms with E-state index in [4.69, 9.17) is 11.6 Å². The zero-order chi connectivity index (χ0) is 13.8. The van der Waals surface area contributed by atoms with Gasteiger partial charge in [-0.3, -0.25) is 10.1 Å². The van der Waals surface area contributed by atoms with Crippen molar-refractivity contribution in [1.29, 1.82) is 0 Å². The van der Waals surface area contributed by atoms with Gasteiger partial charge in [0.05, 0.1) is 4.92 Å². The number of nitrogens with zero attached hydrogens (tertiary/aromatic N) is 1. The zero-order valence-corrected chi connectivity index (χ0v) is 11.8. The highest BCUT2D eigenvalue weighted by Gasteiger charge is 2.24. The van der Waals surface area contributed by atoms with Gasteiger partial charge in [-0.05, 0) is 30.4 Å². The minimum Gasteiger partial charge on any atom is -0.310 e. The third-order valence-electron chi connectivity index (χ3n) is 3.61. The van der Waals surface area contributed by atoms with Crippen LogP contribution in [-0.4, -0.2) is 11.0 Å². The number of nitro benzene ring substituents is 1. The molecule has 1 aliphatic carbocycles. The minimum atomic E-state index is -0.437. The van der Waals surface area contributed by atoms with Crippen LogP contribution in [0.4, 0.5) is 5.69 Å². The van der Waals surface area contributed by atoms with E-state index in [1.807, 2.05) is 6.07 Å². The van der Waals surface area contributed by atoms with E-state index < -0.39 is 4.92 Å². The molecule has 0 radical (unpaired) electrons. The van der Waals surface area contributed by atoms with Gasteiger partial charge in [0.1, 0.15) is 5.02 Å². The molecule has 1 aromatic rings. The molecule has 0 aliphatic heterocycles. The molecule has 2 rings (SSSR count). The van der Waals surface area contributed by atoms with Crippen LogP contribution in [-0.2, 0) is 6.54 Å². The predicted octanol–water partition coefficient (Wildman–Crippen LogP) is 3.92. The van der Waals surface area contributed by atoms with Crippen molar-refractivity contribution < 1.29 is 4.92 Å². The van der Waals surface area contributed by atoms with Crippen LogP contribution in [0, 0.1) is 16.0 Å². The molecule has 1 unspecified atom stereocenters. The lowest BCUT2D eigenvalue weighted by molar-refractivity contribution is -0.384. The third-order valence-corrected chi connectivity index (χ3v) is 3.93. The van der Waals surface area contributed by atoms with Gasteiger partial charge in [-0.25, -0.2) is 0 Å². The topological polar surface area (TPSA) is 55.2 Å². The van der Waals surface area contributed by atoms with E-state index in [2.05, 4.69) is 12.2 Å². The first-order chi connectivity index (χ1) is 9.10. The summed E-state index contributed by atoms with van der Waals surface area (Å²) in [6.07, 6.45) is 5.01. The smallest absolute Gasteiger partial charge is 0.288 e. The summed E-state index contributed by atoms with van der Waals surface area (Å²) in [6.45, 7) is 2.83. The average Bonchev–Trinajstić information content (AvgIpc) is 3.19. The molecule has 1 atom stereocenters. The summed E-state index contributed by atoms with van der Waals surface area (Å²) in [4.78, 5) is 10.4. The number of nitrogens with one attached hydrogen (secondary N) is 1. The first-order valence-corrected chi connectivity index (χ1v) is 7.14. The predicted molar refractivity (Wildman–Crippen MR) is 76.4 cm³/mol. The second kappa shape index (κ2) is 6.35. The molecular weight excluding hydrogens is 264 g/mol. The van der Waals surface area contributed by atoms with Crippen molar-refractivity contribution in [2.45, 2.75) is 45.2 Å². The van der Waals surface area contributed by atoms with Gasteiger partial charge in [-0.1, -0.05) is 37.4 Å². The average molecular weight is 283 g/mol. The SMILES string of the molecule is CCC(CC1CC1)NCc1ccc(Cl)c([N+](=O)[O-])c1. The Morgan fingerprint density at radius 1 is 1.53 bits per heavy atom. The van der Waals surface area contributed by atoms with Gasteiger partial charge in [-0.2, -0.15) is 0 Å². The first kappa shape index (κ1) is 14.3. The van der Waals surface area contributed by atoms with Gasteiger partial charge >= 0.3 is 0 Å². The lowest BCUT2D eigenvalue weighted by atomic mass is 10.1. The van der Waals surface area contributed by atoms with Crippen molar-refractivity contribution >= 4 is 17.3 Å². The van der Waals surface area contributed by atoms with Crippen LogP contribution in [0.2, 0.25) is 5.02 Å². The van der Waals surface area contributed by atoms with E-state index in [1.165, 1.54) is 19.3 Å². The lowest BCUT2D eigenvalue weighted by Crippen LogP contribution is -2.28. The number of rotatable bonds is 7. The Hall–Kier alpha value is -1.13. The van der Waals surface area contributed by atoms with E-state index in [0.717, 1.165) is 17.9 Å². The molecule has 0 bridgehead atoms. The maximum absolute atomic E-state index is 10.8. The van der Waals surface area contributed by atoms with Gasteiger partial charge in [0.15, 0.2) is 0 Å². The Labute approximate surface area is 118 Å². The molecule has 0 aromatic heterocycles. The van der Waals surface area contributed by atoms with E-state index in [-0.39, 0.29) is 10.7 Å². The molecule has 5 heteroatoms. The molecule has 0 saturated heterocycles. The fourth-order valence-corrected chi connectivity index (χ4v) is 2.41. The van der Waals surface area contributed by atoms with Gasteiger partial charge in [0.2, 0.25) is 0 Å². The molecule has 104 valence electrons. The number of halogens is 1. The molecule has 19 heavy (non-hydrogen) atoms. The van der Waals surface area contributed by atoms with Crippen LogP contribution in [0.3, 0.4) is 0 Å². The molecule has 0 spiro atoms. The molecule has 0 heterocycles. The summed E-state index contributed by atoms with van der Waals surface area (Å²) >= 11 is 5.80. The number of benzene rings is 1. The van der Waals surface area contributed by atoms with E-state index in [9.17, 15) is 10.1 Å². The van der Waals surface area contributed by atoms with Crippen LogP contribution >= 0.6 is 11.6 Å². The Bertz CT molecular complexity index is 461. The summed E-state index contributed by atoms with van der Waals surface area (Å²) in [5, 5.41) is 14.5. The van der Waals surface area contributed by atoms with Crippen LogP contribution in [0.1, 0.15) is 38.2 Å². The summed E-state index contributed by atoms with van der Waals surface area (Å²) in [7, 11) is 0. The van der Waals surface area contributed by atoms with Gasteiger partial charge < -0.3 is 5.32 Å².